The molecular weight excluding hydrogens is 302 g/mol. The van der Waals surface area contributed by atoms with Gasteiger partial charge in [0, 0.05) is 18.5 Å². The minimum atomic E-state index is -0.836. The van der Waals surface area contributed by atoms with Gasteiger partial charge < -0.3 is 15.0 Å². The first-order valence-electron chi connectivity index (χ1n) is 8.77. The van der Waals surface area contributed by atoms with Crippen LogP contribution in [0.15, 0.2) is 42.9 Å². The number of hydrogen-bond acceptors (Lipinski definition) is 3. The van der Waals surface area contributed by atoms with Gasteiger partial charge in [-0.05, 0) is 24.8 Å². The van der Waals surface area contributed by atoms with E-state index in [1.807, 2.05) is 35.2 Å². The van der Waals surface area contributed by atoms with Gasteiger partial charge in [-0.15, -0.1) is 0 Å². The molecule has 0 bridgehead atoms. The molecule has 0 spiro atoms. The van der Waals surface area contributed by atoms with E-state index in [0.717, 1.165) is 31.2 Å². The van der Waals surface area contributed by atoms with Crippen molar-refractivity contribution < 1.29 is 9.90 Å². The molecule has 2 N–H and O–H groups in total. The van der Waals surface area contributed by atoms with Crippen LogP contribution in [0.1, 0.15) is 48.2 Å². The van der Waals surface area contributed by atoms with Crippen molar-refractivity contribution in [3.05, 3.63) is 54.1 Å². The number of piperidine rings is 1. The van der Waals surface area contributed by atoms with E-state index in [1.54, 1.807) is 6.20 Å². The van der Waals surface area contributed by atoms with Gasteiger partial charge in [0.15, 0.2) is 0 Å². The first kappa shape index (κ1) is 15.4. The standard InChI is InChI=1S/C19H23N3O2/c23-18(16-12-20-13-21-16)22-11-10-19(24,14-6-2-1-3-7-14)15-8-4-5-9-17(15)22/h1-3,6-7,12-13,15,17,24H,4-5,8-11H2,(H,20,21)/t15-,17+,19?/m1/s1. The minimum absolute atomic E-state index is 0.000452. The third kappa shape index (κ3) is 2.44. The average Bonchev–Trinajstić information content (AvgIpc) is 3.17. The molecule has 1 aliphatic carbocycles. The Balaban J connectivity index is 1.66. The maximum atomic E-state index is 12.8. The number of aromatic nitrogens is 2. The molecule has 5 heteroatoms. The fourth-order valence-corrected chi connectivity index (χ4v) is 4.55. The second-order valence-electron chi connectivity index (χ2n) is 6.96. The Morgan fingerprint density at radius 2 is 2.04 bits per heavy atom. The summed E-state index contributed by atoms with van der Waals surface area (Å²) in [6.07, 6.45) is 7.84. The summed E-state index contributed by atoms with van der Waals surface area (Å²) in [5.41, 5.74) is 0.678. The van der Waals surface area contributed by atoms with Crippen molar-refractivity contribution in [2.24, 2.45) is 5.92 Å². The van der Waals surface area contributed by atoms with Crippen LogP contribution in [0, 0.1) is 5.92 Å². The Morgan fingerprint density at radius 1 is 1.25 bits per heavy atom. The lowest BCUT2D eigenvalue weighted by Crippen LogP contribution is -2.59. The maximum Gasteiger partial charge on any atom is 0.272 e. The van der Waals surface area contributed by atoms with E-state index in [9.17, 15) is 9.90 Å². The Kier molecular flexibility index (Phi) is 3.88. The first-order valence-corrected chi connectivity index (χ1v) is 8.77. The molecule has 1 aromatic heterocycles. The van der Waals surface area contributed by atoms with Gasteiger partial charge in [-0.1, -0.05) is 43.2 Å². The number of benzene rings is 1. The number of amides is 1. The molecule has 2 fully saturated rings. The molecule has 1 unspecified atom stereocenters. The van der Waals surface area contributed by atoms with Crippen LogP contribution < -0.4 is 0 Å². The van der Waals surface area contributed by atoms with Crippen LogP contribution in [0.4, 0.5) is 0 Å². The maximum absolute atomic E-state index is 12.8. The summed E-state index contributed by atoms with van der Waals surface area (Å²) in [7, 11) is 0. The van der Waals surface area contributed by atoms with Crippen LogP contribution in [0.3, 0.4) is 0 Å². The second-order valence-corrected chi connectivity index (χ2v) is 6.96. The zero-order valence-electron chi connectivity index (χ0n) is 13.7. The van der Waals surface area contributed by atoms with Crippen LogP contribution in [0.2, 0.25) is 0 Å². The minimum Gasteiger partial charge on any atom is -0.385 e. The Labute approximate surface area is 141 Å². The monoisotopic (exact) mass is 325 g/mol. The van der Waals surface area contributed by atoms with Crippen molar-refractivity contribution in [2.75, 3.05) is 6.54 Å². The zero-order valence-corrected chi connectivity index (χ0v) is 13.7. The summed E-state index contributed by atoms with van der Waals surface area (Å²) < 4.78 is 0. The summed E-state index contributed by atoms with van der Waals surface area (Å²) in [6, 6.07) is 10.0. The highest BCUT2D eigenvalue weighted by Gasteiger charge is 2.50. The van der Waals surface area contributed by atoms with Crippen molar-refractivity contribution >= 4 is 5.91 Å². The molecule has 2 aliphatic rings. The van der Waals surface area contributed by atoms with E-state index in [-0.39, 0.29) is 17.9 Å². The third-order valence-electron chi connectivity index (χ3n) is 5.74. The summed E-state index contributed by atoms with van der Waals surface area (Å²) in [4.78, 5) is 21.7. The summed E-state index contributed by atoms with van der Waals surface area (Å²) in [6.45, 7) is 0.574. The second kappa shape index (κ2) is 6.06. The molecule has 2 aromatic rings. The van der Waals surface area contributed by atoms with Gasteiger partial charge in [-0.2, -0.15) is 0 Å². The van der Waals surface area contributed by atoms with Gasteiger partial charge in [-0.3, -0.25) is 4.79 Å². The SMILES string of the molecule is O=C(c1cnc[nH]1)N1CCC(O)(c2ccccc2)[C@@H]2CCCC[C@@H]21. The lowest BCUT2D eigenvalue weighted by atomic mass is 9.66. The number of carbonyl (C=O) groups excluding carboxylic acids is 1. The third-order valence-corrected chi connectivity index (χ3v) is 5.74. The number of aliphatic hydroxyl groups is 1. The number of H-pyrrole nitrogens is 1. The Hall–Kier alpha value is -2.14. The highest BCUT2D eigenvalue weighted by molar-refractivity contribution is 5.92. The highest BCUT2D eigenvalue weighted by atomic mass is 16.3. The van der Waals surface area contributed by atoms with E-state index in [4.69, 9.17) is 0 Å². The molecule has 1 saturated heterocycles. The van der Waals surface area contributed by atoms with Gasteiger partial charge in [-0.25, -0.2) is 4.98 Å². The molecule has 1 saturated carbocycles. The molecule has 126 valence electrons. The average molecular weight is 325 g/mol. The number of rotatable bonds is 2. The summed E-state index contributed by atoms with van der Waals surface area (Å²) in [5.74, 6) is 0.0915. The molecule has 4 rings (SSSR count). The van der Waals surface area contributed by atoms with Crippen LogP contribution in [0.5, 0.6) is 0 Å². The van der Waals surface area contributed by atoms with Gasteiger partial charge in [0.2, 0.25) is 0 Å². The van der Waals surface area contributed by atoms with Crippen molar-refractivity contribution in [3.63, 3.8) is 0 Å². The molecule has 3 atom stereocenters. The zero-order chi connectivity index (χ0) is 16.6. The smallest absolute Gasteiger partial charge is 0.272 e. The number of imidazole rings is 1. The Morgan fingerprint density at radius 3 is 2.79 bits per heavy atom. The molecule has 1 amide bonds. The van der Waals surface area contributed by atoms with E-state index in [0.29, 0.717) is 18.7 Å². The normalized spacial score (nSPS) is 30.0. The first-order chi connectivity index (χ1) is 11.7. The number of likely N-dealkylation sites (tertiary alicyclic amines) is 1. The summed E-state index contributed by atoms with van der Waals surface area (Å²) >= 11 is 0. The Bertz CT molecular complexity index is 701. The molecule has 0 radical (unpaired) electrons. The van der Waals surface area contributed by atoms with Crippen molar-refractivity contribution in [2.45, 2.75) is 43.7 Å². The van der Waals surface area contributed by atoms with Gasteiger partial charge in [0.25, 0.3) is 5.91 Å². The lowest BCUT2D eigenvalue weighted by molar-refractivity contribution is -0.110. The quantitative estimate of drug-likeness (QED) is 0.892. The van der Waals surface area contributed by atoms with Crippen LogP contribution in [0.25, 0.3) is 0 Å². The molecule has 5 nitrogen and oxygen atoms in total. The largest absolute Gasteiger partial charge is 0.385 e. The van der Waals surface area contributed by atoms with Crippen molar-refractivity contribution in [1.29, 1.82) is 0 Å². The van der Waals surface area contributed by atoms with E-state index < -0.39 is 5.60 Å². The topological polar surface area (TPSA) is 69.2 Å². The van der Waals surface area contributed by atoms with Crippen molar-refractivity contribution in [1.82, 2.24) is 14.9 Å². The molecule has 2 heterocycles. The fourth-order valence-electron chi connectivity index (χ4n) is 4.55. The predicted octanol–water partition coefficient (Wildman–Crippen LogP) is 2.70. The van der Waals surface area contributed by atoms with Gasteiger partial charge in [0.05, 0.1) is 18.1 Å². The molecule has 24 heavy (non-hydrogen) atoms. The number of nitrogens with one attached hydrogen (secondary N) is 1. The number of aromatic amines is 1. The number of nitrogens with zero attached hydrogens (tertiary/aromatic N) is 2. The van der Waals surface area contributed by atoms with E-state index in [1.165, 1.54) is 6.33 Å². The van der Waals surface area contributed by atoms with Crippen LogP contribution in [-0.2, 0) is 5.60 Å². The number of fused-ring (bicyclic) bond motifs is 1. The van der Waals surface area contributed by atoms with Crippen molar-refractivity contribution in [3.8, 4) is 0 Å². The van der Waals surface area contributed by atoms with Gasteiger partial charge in [0.1, 0.15) is 5.69 Å². The van der Waals surface area contributed by atoms with Crippen LogP contribution in [-0.4, -0.2) is 38.5 Å². The van der Waals surface area contributed by atoms with Gasteiger partial charge >= 0.3 is 0 Å². The predicted molar refractivity (Wildman–Crippen MR) is 90.3 cm³/mol. The molecule has 1 aromatic carbocycles. The molecule has 1 aliphatic heterocycles. The van der Waals surface area contributed by atoms with Crippen LogP contribution >= 0.6 is 0 Å². The summed E-state index contributed by atoms with van der Waals surface area (Å²) in [5, 5.41) is 11.5. The number of carbonyl (C=O) groups is 1. The lowest BCUT2D eigenvalue weighted by Gasteiger charge is -2.52. The highest BCUT2D eigenvalue weighted by Crippen LogP contribution is 2.47. The van der Waals surface area contributed by atoms with E-state index >= 15 is 0 Å². The fraction of sp³-hybridized carbons (Fsp3) is 0.474. The van der Waals surface area contributed by atoms with E-state index in [2.05, 4.69) is 9.97 Å². The number of hydrogen-bond donors (Lipinski definition) is 2. The molecular formula is C19H23N3O2.